The third kappa shape index (κ3) is 14.4. The Balaban J connectivity index is 1.55. The molecule has 1 aliphatic rings. The summed E-state index contributed by atoms with van der Waals surface area (Å²) in [6, 6.07) is 19.7. The van der Waals surface area contributed by atoms with Crippen LogP contribution in [0.15, 0.2) is 83.9 Å². The molecule has 0 aromatic heterocycles. The summed E-state index contributed by atoms with van der Waals surface area (Å²) in [4.78, 5) is 84.3. The second kappa shape index (κ2) is 22.2. The van der Waals surface area contributed by atoms with Gasteiger partial charge in [0.25, 0.3) is 0 Å². The lowest BCUT2D eigenvalue weighted by Gasteiger charge is -2.29. The number of ether oxygens (including phenoxy) is 2. The summed E-state index contributed by atoms with van der Waals surface area (Å²) < 4.78 is 11.3. The number of hydrogen-bond donors (Lipinski definition) is 7. The number of nitrogens with one attached hydrogen (secondary N) is 4. The van der Waals surface area contributed by atoms with E-state index in [-0.39, 0.29) is 56.6 Å². The van der Waals surface area contributed by atoms with Gasteiger partial charge in [-0.05, 0) is 73.8 Å². The van der Waals surface area contributed by atoms with Gasteiger partial charge < -0.3 is 47.3 Å². The van der Waals surface area contributed by atoms with Crippen molar-refractivity contribution in [3.8, 4) is 11.1 Å². The molecule has 0 saturated carbocycles. The first kappa shape index (κ1) is 47.2. The summed E-state index contributed by atoms with van der Waals surface area (Å²) in [7, 11) is 0. The summed E-state index contributed by atoms with van der Waals surface area (Å²) in [5, 5.41) is 20.2. The van der Waals surface area contributed by atoms with Gasteiger partial charge in [0, 0.05) is 25.3 Å². The van der Waals surface area contributed by atoms with E-state index in [2.05, 4.69) is 26.3 Å². The number of amides is 4. The summed E-state index contributed by atoms with van der Waals surface area (Å²) in [6.07, 6.45) is -0.956. The monoisotopic (exact) mass is 841 g/mol. The summed E-state index contributed by atoms with van der Waals surface area (Å²) in [5.41, 5.74) is 15.0. The van der Waals surface area contributed by atoms with Crippen molar-refractivity contribution in [2.24, 2.45) is 22.4 Å². The van der Waals surface area contributed by atoms with Crippen LogP contribution in [0.25, 0.3) is 11.1 Å². The molecule has 0 heterocycles. The number of nitrogens with zero attached hydrogens (tertiary/aromatic N) is 1. The molecule has 0 unspecified atom stereocenters. The Morgan fingerprint density at radius 3 is 1.85 bits per heavy atom. The standard InChI is InChI=1S/C45H59N7O9/c1-6-27(2)38(42(58)61-45(3,4)5)52-40(56)35(22-23-37(53)54)50-39(55)34(21-14-24-48-43(46)47)49-41(57)36(25-28-15-8-7-9-16-28)51-44(59)60-26-33-31-19-12-10-17-29(31)30-18-11-13-20-32(30)33/h7-13,15-20,27,33-36,38H,6,14,21-26H2,1-5H3,(H,49,57)(H,50,55)(H,51,59)(H,52,56)(H,53,54)(H4,46,47,48)/t27-,34-,35-,36-,38-/m0/s1. The first-order valence-electron chi connectivity index (χ1n) is 20.5. The van der Waals surface area contributed by atoms with Gasteiger partial charge in [0.05, 0.1) is 0 Å². The zero-order valence-corrected chi connectivity index (χ0v) is 35.4. The molecule has 0 radical (unpaired) electrons. The maximum absolute atomic E-state index is 14.2. The number of nitrogens with two attached hydrogens (primary N) is 2. The molecular formula is C45H59N7O9. The lowest BCUT2D eigenvalue weighted by atomic mass is 9.98. The average Bonchev–Trinajstić information content (AvgIpc) is 3.53. The first-order valence-corrected chi connectivity index (χ1v) is 20.5. The van der Waals surface area contributed by atoms with Crippen molar-refractivity contribution in [2.75, 3.05) is 13.2 Å². The number of esters is 1. The fraction of sp³-hybridized carbons (Fsp3) is 0.444. The van der Waals surface area contributed by atoms with E-state index in [9.17, 15) is 33.9 Å². The minimum absolute atomic E-state index is 0.000965. The van der Waals surface area contributed by atoms with E-state index >= 15 is 0 Å². The quantitative estimate of drug-likeness (QED) is 0.0351. The van der Waals surface area contributed by atoms with Crippen LogP contribution >= 0.6 is 0 Å². The van der Waals surface area contributed by atoms with Gasteiger partial charge in [-0.1, -0.05) is 99.1 Å². The molecule has 5 atom stereocenters. The van der Waals surface area contributed by atoms with E-state index in [1.807, 2.05) is 61.5 Å². The summed E-state index contributed by atoms with van der Waals surface area (Å²) in [5.74, 6) is -5.04. The van der Waals surface area contributed by atoms with Gasteiger partial charge in [-0.3, -0.25) is 24.2 Å². The smallest absolute Gasteiger partial charge is 0.407 e. The van der Waals surface area contributed by atoms with Crippen LogP contribution in [-0.2, 0) is 39.9 Å². The van der Waals surface area contributed by atoms with Gasteiger partial charge in [0.2, 0.25) is 17.7 Å². The van der Waals surface area contributed by atoms with E-state index in [0.717, 1.165) is 22.3 Å². The minimum Gasteiger partial charge on any atom is -0.481 e. The van der Waals surface area contributed by atoms with Gasteiger partial charge in [-0.25, -0.2) is 9.59 Å². The van der Waals surface area contributed by atoms with Crippen LogP contribution in [0.2, 0.25) is 0 Å². The van der Waals surface area contributed by atoms with Crippen molar-refractivity contribution in [1.29, 1.82) is 0 Å². The van der Waals surface area contributed by atoms with Gasteiger partial charge in [-0.15, -0.1) is 0 Å². The van der Waals surface area contributed by atoms with Gasteiger partial charge in [0.1, 0.15) is 36.4 Å². The maximum Gasteiger partial charge on any atom is 0.407 e. The highest BCUT2D eigenvalue weighted by Gasteiger charge is 2.35. The fourth-order valence-electron chi connectivity index (χ4n) is 6.98. The first-order chi connectivity index (χ1) is 29.0. The molecule has 3 aromatic rings. The molecule has 61 heavy (non-hydrogen) atoms. The van der Waals surface area contributed by atoms with Crippen molar-refractivity contribution in [3.05, 3.63) is 95.6 Å². The second-order valence-electron chi connectivity index (χ2n) is 16.1. The van der Waals surface area contributed by atoms with Crippen molar-refractivity contribution in [3.63, 3.8) is 0 Å². The molecular weight excluding hydrogens is 783 g/mol. The molecule has 0 spiro atoms. The number of fused-ring (bicyclic) bond motifs is 3. The zero-order chi connectivity index (χ0) is 44.7. The third-order valence-corrected chi connectivity index (χ3v) is 10.3. The van der Waals surface area contributed by atoms with Gasteiger partial charge >= 0.3 is 18.0 Å². The Hall–Kier alpha value is -6.45. The van der Waals surface area contributed by atoms with Crippen LogP contribution < -0.4 is 32.7 Å². The predicted molar refractivity (Wildman–Crippen MR) is 230 cm³/mol. The average molecular weight is 842 g/mol. The predicted octanol–water partition coefficient (Wildman–Crippen LogP) is 3.90. The fourth-order valence-corrected chi connectivity index (χ4v) is 6.98. The second-order valence-corrected chi connectivity index (χ2v) is 16.1. The van der Waals surface area contributed by atoms with Crippen molar-refractivity contribution >= 4 is 41.7 Å². The third-order valence-electron chi connectivity index (χ3n) is 10.3. The molecule has 0 saturated heterocycles. The minimum atomic E-state index is -1.42. The van der Waals surface area contributed by atoms with Gasteiger partial charge in [-0.2, -0.15) is 0 Å². The Morgan fingerprint density at radius 1 is 0.754 bits per heavy atom. The Labute approximate surface area is 356 Å². The van der Waals surface area contributed by atoms with Crippen LogP contribution in [0.1, 0.15) is 89.3 Å². The number of carbonyl (C=O) groups is 6. The van der Waals surface area contributed by atoms with E-state index in [1.54, 1.807) is 52.0 Å². The number of aliphatic imine (C=N–C) groups is 1. The van der Waals surface area contributed by atoms with Crippen LogP contribution in [0.5, 0.6) is 0 Å². The van der Waals surface area contributed by atoms with E-state index in [4.69, 9.17) is 20.9 Å². The Morgan fingerprint density at radius 2 is 1.30 bits per heavy atom. The molecule has 0 aliphatic heterocycles. The number of guanidine groups is 1. The molecule has 9 N–H and O–H groups in total. The Kier molecular flexibility index (Phi) is 17.2. The maximum atomic E-state index is 14.2. The van der Waals surface area contributed by atoms with Crippen LogP contribution in [0.3, 0.4) is 0 Å². The van der Waals surface area contributed by atoms with E-state index < -0.39 is 71.9 Å². The topological polar surface area (TPSA) is 254 Å². The molecule has 0 fully saturated rings. The van der Waals surface area contributed by atoms with Crippen LogP contribution in [-0.4, -0.2) is 89.7 Å². The molecule has 328 valence electrons. The highest BCUT2D eigenvalue weighted by atomic mass is 16.6. The molecule has 4 amide bonds. The highest BCUT2D eigenvalue weighted by molar-refractivity contribution is 5.95. The summed E-state index contributed by atoms with van der Waals surface area (Å²) in [6.45, 7) is 8.76. The highest BCUT2D eigenvalue weighted by Crippen LogP contribution is 2.44. The SMILES string of the molecule is CC[C@H](C)[C@H](NC(=O)[C@H](CCC(=O)O)NC(=O)[C@H](CCCN=C(N)N)NC(=O)[C@H](Cc1ccccc1)NC(=O)OCC1c2ccccc2-c2ccccc21)C(=O)OC(C)(C)C. The number of carbonyl (C=O) groups excluding carboxylic acids is 5. The van der Waals surface area contributed by atoms with Crippen LogP contribution in [0.4, 0.5) is 4.79 Å². The number of hydrogen-bond acceptors (Lipinski definition) is 9. The van der Waals surface area contributed by atoms with Gasteiger partial charge in [0.15, 0.2) is 5.96 Å². The molecule has 16 nitrogen and oxygen atoms in total. The molecule has 16 heteroatoms. The Bertz CT molecular complexity index is 1990. The van der Waals surface area contributed by atoms with E-state index in [1.165, 1.54) is 0 Å². The lowest BCUT2D eigenvalue weighted by molar-refractivity contribution is -0.160. The normalized spacial score (nSPS) is 14.4. The van der Waals surface area contributed by atoms with E-state index in [0.29, 0.717) is 12.0 Å². The number of aliphatic carboxylic acids is 1. The van der Waals surface area contributed by atoms with Crippen molar-refractivity contribution < 1.29 is 43.3 Å². The number of rotatable bonds is 21. The molecule has 1 aliphatic carbocycles. The molecule has 3 aromatic carbocycles. The number of carboxylic acids is 1. The van der Waals surface area contributed by atoms with Crippen molar-refractivity contribution in [1.82, 2.24) is 21.3 Å². The zero-order valence-electron chi connectivity index (χ0n) is 35.4. The molecule has 0 bridgehead atoms. The van der Waals surface area contributed by atoms with Crippen molar-refractivity contribution in [2.45, 2.75) is 109 Å². The number of benzene rings is 3. The number of alkyl carbamates (subject to hydrolysis) is 1. The lowest BCUT2D eigenvalue weighted by Crippen LogP contribution is -2.58. The largest absolute Gasteiger partial charge is 0.481 e. The molecule has 4 rings (SSSR count). The van der Waals surface area contributed by atoms with Crippen LogP contribution in [0, 0.1) is 5.92 Å². The summed E-state index contributed by atoms with van der Waals surface area (Å²) >= 11 is 0. The number of carboxylic acid groups (broad SMARTS) is 1.